The van der Waals surface area contributed by atoms with Crippen molar-refractivity contribution in [1.29, 1.82) is 0 Å². The number of carboxylic acids is 1. The van der Waals surface area contributed by atoms with E-state index in [1.807, 2.05) is 13.8 Å². The van der Waals surface area contributed by atoms with Gasteiger partial charge in [-0.05, 0) is 32.0 Å². The highest BCUT2D eigenvalue weighted by atomic mass is 35.5. The van der Waals surface area contributed by atoms with Gasteiger partial charge in [-0.3, -0.25) is 9.59 Å². The van der Waals surface area contributed by atoms with Crippen LogP contribution in [0.1, 0.15) is 30.6 Å². The lowest BCUT2D eigenvalue weighted by Crippen LogP contribution is -2.29. The van der Waals surface area contributed by atoms with Gasteiger partial charge in [0.15, 0.2) is 0 Å². The zero-order valence-corrected chi connectivity index (χ0v) is 12.5. The Hall–Kier alpha value is -1.75. The lowest BCUT2D eigenvalue weighted by Gasteiger charge is -2.19. The number of carboxylic acid groups (broad SMARTS) is 1. The first kappa shape index (κ1) is 16.3. The number of benzene rings is 1. The van der Waals surface area contributed by atoms with Crippen molar-refractivity contribution in [2.75, 3.05) is 13.6 Å². The van der Waals surface area contributed by atoms with Gasteiger partial charge in [0, 0.05) is 18.6 Å². The van der Waals surface area contributed by atoms with Crippen molar-refractivity contribution in [2.45, 2.75) is 26.4 Å². The summed E-state index contributed by atoms with van der Waals surface area (Å²) in [4.78, 5) is 24.2. The van der Waals surface area contributed by atoms with Crippen molar-refractivity contribution < 1.29 is 19.4 Å². The van der Waals surface area contributed by atoms with Gasteiger partial charge in [-0.25, -0.2) is 0 Å². The molecule has 0 aliphatic carbocycles. The van der Waals surface area contributed by atoms with Crippen LogP contribution in [-0.4, -0.2) is 41.6 Å². The number of amides is 1. The number of nitrogens with zero attached hydrogens (tertiary/aromatic N) is 1. The SMILES string of the molecule is CC(C)Oc1ccc(Cl)cc1C(=O)N(C)CCC(=O)O. The van der Waals surface area contributed by atoms with Crippen LogP contribution in [-0.2, 0) is 4.79 Å². The quantitative estimate of drug-likeness (QED) is 0.877. The van der Waals surface area contributed by atoms with E-state index >= 15 is 0 Å². The standard InChI is InChI=1S/C14H18ClNO4/c1-9(2)20-12-5-4-10(15)8-11(12)14(19)16(3)7-6-13(17)18/h4-5,8-9H,6-7H2,1-3H3,(H,17,18). The first-order valence-electron chi connectivity index (χ1n) is 6.24. The third kappa shape index (κ3) is 4.74. The van der Waals surface area contributed by atoms with Gasteiger partial charge in [-0.1, -0.05) is 11.6 Å². The summed E-state index contributed by atoms with van der Waals surface area (Å²) in [5.41, 5.74) is 0.332. The van der Waals surface area contributed by atoms with Crippen molar-refractivity contribution in [3.8, 4) is 5.75 Å². The molecular weight excluding hydrogens is 282 g/mol. The summed E-state index contributed by atoms with van der Waals surface area (Å²) in [5, 5.41) is 9.08. The number of aliphatic carboxylic acids is 1. The van der Waals surface area contributed by atoms with E-state index in [2.05, 4.69) is 0 Å². The first-order valence-corrected chi connectivity index (χ1v) is 6.62. The Kier molecular flexibility index (Phi) is 5.82. The fourth-order valence-corrected chi connectivity index (χ4v) is 1.77. The van der Waals surface area contributed by atoms with Crippen LogP contribution >= 0.6 is 11.6 Å². The smallest absolute Gasteiger partial charge is 0.305 e. The third-order valence-corrected chi connectivity index (χ3v) is 2.78. The third-order valence-electron chi connectivity index (χ3n) is 2.54. The van der Waals surface area contributed by atoms with Crippen LogP contribution in [0.3, 0.4) is 0 Å². The number of halogens is 1. The predicted molar refractivity (Wildman–Crippen MR) is 76.4 cm³/mol. The van der Waals surface area contributed by atoms with E-state index in [1.54, 1.807) is 19.2 Å². The van der Waals surface area contributed by atoms with Crippen molar-refractivity contribution >= 4 is 23.5 Å². The van der Waals surface area contributed by atoms with Gasteiger partial charge in [0.1, 0.15) is 5.75 Å². The van der Waals surface area contributed by atoms with Gasteiger partial charge in [-0.2, -0.15) is 0 Å². The molecule has 0 aromatic heterocycles. The molecule has 20 heavy (non-hydrogen) atoms. The summed E-state index contributed by atoms with van der Waals surface area (Å²) in [7, 11) is 1.55. The van der Waals surface area contributed by atoms with E-state index in [-0.39, 0.29) is 25.0 Å². The van der Waals surface area contributed by atoms with Crippen LogP contribution in [0.4, 0.5) is 0 Å². The number of hydrogen-bond donors (Lipinski definition) is 1. The lowest BCUT2D eigenvalue weighted by atomic mass is 10.1. The van der Waals surface area contributed by atoms with E-state index in [9.17, 15) is 9.59 Å². The minimum absolute atomic E-state index is 0.0768. The number of carbonyl (C=O) groups is 2. The fourth-order valence-electron chi connectivity index (χ4n) is 1.60. The minimum atomic E-state index is -0.950. The Morgan fingerprint density at radius 2 is 2.05 bits per heavy atom. The Balaban J connectivity index is 2.95. The normalized spacial score (nSPS) is 10.4. The van der Waals surface area contributed by atoms with Gasteiger partial charge >= 0.3 is 5.97 Å². The Morgan fingerprint density at radius 1 is 1.40 bits per heavy atom. The number of carbonyl (C=O) groups excluding carboxylic acids is 1. The number of rotatable bonds is 6. The van der Waals surface area contributed by atoms with Crippen molar-refractivity contribution in [1.82, 2.24) is 4.90 Å². The molecule has 5 nitrogen and oxygen atoms in total. The maximum absolute atomic E-state index is 12.3. The summed E-state index contributed by atoms with van der Waals surface area (Å²) < 4.78 is 5.57. The largest absolute Gasteiger partial charge is 0.490 e. The van der Waals surface area contributed by atoms with Gasteiger partial charge in [0.05, 0.1) is 18.1 Å². The molecule has 0 spiro atoms. The van der Waals surface area contributed by atoms with Crippen molar-refractivity contribution in [3.63, 3.8) is 0 Å². The van der Waals surface area contributed by atoms with E-state index in [0.717, 1.165) is 0 Å². The summed E-state index contributed by atoms with van der Waals surface area (Å²) in [6.07, 6.45) is -0.185. The molecule has 1 aromatic rings. The van der Waals surface area contributed by atoms with Gasteiger partial charge < -0.3 is 14.7 Å². The van der Waals surface area contributed by atoms with Crippen LogP contribution in [0.5, 0.6) is 5.75 Å². The highest BCUT2D eigenvalue weighted by Crippen LogP contribution is 2.25. The zero-order valence-electron chi connectivity index (χ0n) is 11.7. The molecule has 0 heterocycles. The second kappa shape index (κ2) is 7.14. The summed E-state index contributed by atoms with van der Waals surface area (Å²) >= 11 is 5.91. The van der Waals surface area contributed by atoms with Crippen LogP contribution < -0.4 is 4.74 Å². The van der Waals surface area contributed by atoms with E-state index in [1.165, 1.54) is 11.0 Å². The highest BCUT2D eigenvalue weighted by Gasteiger charge is 2.18. The van der Waals surface area contributed by atoms with Crippen molar-refractivity contribution in [2.24, 2.45) is 0 Å². The van der Waals surface area contributed by atoms with Crippen LogP contribution in [0.25, 0.3) is 0 Å². The van der Waals surface area contributed by atoms with Crippen LogP contribution in [0.2, 0.25) is 5.02 Å². The molecule has 1 aromatic carbocycles. The molecule has 110 valence electrons. The molecule has 0 aliphatic rings. The predicted octanol–water partition coefficient (Wildman–Crippen LogP) is 2.67. The van der Waals surface area contributed by atoms with Gasteiger partial charge in [-0.15, -0.1) is 0 Å². The molecule has 0 bridgehead atoms. The Bertz CT molecular complexity index is 502. The summed E-state index contributed by atoms with van der Waals surface area (Å²) in [6.45, 7) is 3.84. The van der Waals surface area contributed by atoms with Crippen LogP contribution in [0.15, 0.2) is 18.2 Å². The molecule has 0 radical (unpaired) electrons. The summed E-state index contributed by atoms with van der Waals surface area (Å²) in [6, 6.07) is 4.81. The maximum Gasteiger partial charge on any atom is 0.305 e. The van der Waals surface area contributed by atoms with Gasteiger partial charge in [0.2, 0.25) is 0 Å². The second-order valence-corrected chi connectivity index (χ2v) is 5.11. The molecular formula is C14H18ClNO4. The molecule has 0 fully saturated rings. The molecule has 0 saturated heterocycles. The molecule has 0 unspecified atom stereocenters. The summed E-state index contributed by atoms with van der Waals surface area (Å²) in [5.74, 6) is -0.824. The zero-order chi connectivity index (χ0) is 15.3. The fraction of sp³-hybridized carbons (Fsp3) is 0.429. The molecule has 0 atom stereocenters. The monoisotopic (exact) mass is 299 g/mol. The molecule has 0 aliphatic heterocycles. The molecule has 1 amide bonds. The Labute approximate surface area is 123 Å². The number of hydrogen-bond acceptors (Lipinski definition) is 3. The molecule has 0 saturated carbocycles. The minimum Gasteiger partial charge on any atom is -0.490 e. The van der Waals surface area contributed by atoms with Crippen LogP contribution in [0, 0.1) is 0 Å². The topological polar surface area (TPSA) is 66.8 Å². The van der Waals surface area contributed by atoms with Gasteiger partial charge in [0.25, 0.3) is 5.91 Å². The average Bonchev–Trinajstić information content (AvgIpc) is 2.36. The maximum atomic E-state index is 12.3. The number of ether oxygens (including phenoxy) is 1. The first-order chi connectivity index (χ1) is 9.31. The highest BCUT2D eigenvalue weighted by molar-refractivity contribution is 6.31. The lowest BCUT2D eigenvalue weighted by molar-refractivity contribution is -0.137. The molecule has 1 rings (SSSR count). The average molecular weight is 300 g/mol. The van der Waals surface area contributed by atoms with E-state index in [4.69, 9.17) is 21.4 Å². The van der Waals surface area contributed by atoms with E-state index in [0.29, 0.717) is 16.3 Å². The second-order valence-electron chi connectivity index (χ2n) is 4.68. The van der Waals surface area contributed by atoms with Crippen molar-refractivity contribution in [3.05, 3.63) is 28.8 Å². The molecule has 1 N–H and O–H groups in total. The molecule has 6 heteroatoms. The van der Waals surface area contributed by atoms with E-state index < -0.39 is 5.97 Å². The Morgan fingerprint density at radius 3 is 2.60 bits per heavy atom.